The fourth-order valence-corrected chi connectivity index (χ4v) is 3.39. The summed E-state index contributed by atoms with van der Waals surface area (Å²) in [4.78, 5) is 51.9. The molecule has 0 bridgehead atoms. The number of amides is 4. The molecule has 1 aliphatic rings. The van der Waals surface area contributed by atoms with Gasteiger partial charge >= 0.3 is 11.8 Å². The number of benzene rings is 1. The first-order chi connectivity index (χ1) is 13.9. The number of nitrogens with one attached hydrogen (secondary N) is 3. The van der Waals surface area contributed by atoms with Gasteiger partial charge in [-0.1, -0.05) is 25.1 Å². The summed E-state index contributed by atoms with van der Waals surface area (Å²) in [5.41, 5.74) is 1.22. The van der Waals surface area contributed by atoms with Crippen molar-refractivity contribution in [3.63, 3.8) is 0 Å². The number of imide groups is 1. The number of hydrogen-bond donors (Lipinski definition) is 3. The second-order valence-electron chi connectivity index (χ2n) is 6.89. The third kappa shape index (κ3) is 4.48. The minimum absolute atomic E-state index is 0.200. The summed E-state index contributed by atoms with van der Waals surface area (Å²) >= 11 is 0. The number of carbonyl (C=O) groups excluding carboxylic acids is 4. The molecular formula is C21H22N4O4. The van der Waals surface area contributed by atoms with Gasteiger partial charge in [-0.25, -0.2) is 0 Å². The zero-order chi connectivity index (χ0) is 20.9. The highest BCUT2D eigenvalue weighted by molar-refractivity contribution is 6.39. The van der Waals surface area contributed by atoms with Crippen LogP contribution in [0.3, 0.4) is 0 Å². The topological polar surface area (TPSA) is 117 Å². The molecule has 1 saturated heterocycles. The maximum Gasteiger partial charge on any atom is 0.313 e. The molecule has 1 fully saturated rings. The van der Waals surface area contributed by atoms with Crippen molar-refractivity contribution < 1.29 is 19.2 Å². The van der Waals surface area contributed by atoms with Gasteiger partial charge in [-0.2, -0.15) is 0 Å². The predicted octanol–water partition coefficient (Wildman–Crippen LogP) is 1.42. The van der Waals surface area contributed by atoms with E-state index >= 15 is 0 Å². The van der Waals surface area contributed by atoms with Crippen molar-refractivity contribution in [3.8, 4) is 0 Å². The molecule has 0 spiro atoms. The Balaban J connectivity index is 1.62. The molecule has 8 nitrogen and oxygen atoms in total. The van der Waals surface area contributed by atoms with Crippen LogP contribution < -0.4 is 16.0 Å². The monoisotopic (exact) mass is 394 g/mol. The van der Waals surface area contributed by atoms with Gasteiger partial charge in [0.15, 0.2) is 0 Å². The minimum atomic E-state index is -0.784. The highest BCUT2D eigenvalue weighted by Gasteiger charge is 2.42. The van der Waals surface area contributed by atoms with Crippen LogP contribution in [-0.2, 0) is 31.1 Å². The lowest BCUT2D eigenvalue weighted by molar-refractivity contribution is -0.138. The third-order valence-electron chi connectivity index (χ3n) is 5.15. The SMILES string of the molecule is CCC1(c2ccc(NC(=O)C(=O)NCc3cccnc3)cc2)CCC(=O)NC1=O. The van der Waals surface area contributed by atoms with Crippen molar-refractivity contribution in [2.24, 2.45) is 0 Å². The zero-order valence-corrected chi connectivity index (χ0v) is 16.0. The number of rotatable bonds is 5. The van der Waals surface area contributed by atoms with Gasteiger partial charge in [-0.15, -0.1) is 0 Å². The highest BCUT2D eigenvalue weighted by Crippen LogP contribution is 2.36. The van der Waals surface area contributed by atoms with Crippen LogP contribution in [0.15, 0.2) is 48.8 Å². The first kappa shape index (κ1) is 20.2. The quantitative estimate of drug-likeness (QED) is 0.524. The van der Waals surface area contributed by atoms with Crippen molar-refractivity contribution in [2.45, 2.75) is 38.1 Å². The van der Waals surface area contributed by atoms with E-state index < -0.39 is 17.2 Å². The molecular weight excluding hydrogens is 372 g/mol. The lowest BCUT2D eigenvalue weighted by Gasteiger charge is -2.35. The Morgan fingerprint density at radius 2 is 1.90 bits per heavy atom. The molecule has 3 N–H and O–H groups in total. The molecule has 0 aliphatic carbocycles. The van der Waals surface area contributed by atoms with Crippen LogP contribution in [0, 0.1) is 0 Å². The van der Waals surface area contributed by atoms with E-state index in [1.165, 1.54) is 0 Å². The summed E-state index contributed by atoms with van der Waals surface area (Å²) in [6.07, 6.45) is 4.51. The van der Waals surface area contributed by atoms with Gasteiger partial charge in [0, 0.05) is 31.0 Å². The fraction of sp³-hybridized carbons (Fsp3) is 0.286. The van der Waals surface area contributed by atoms with Gasteiger partial charge in [0.1, 0.15) is 0 Å². The normalized spacial score (nSPS) is 18.7. The predicted molar refractivity (Wildman–Crippen MR) is 106 cm³/mol. The maximum absolute atomic E-state index is 12.4. The lowest BCUT2D eigenvalue weighted by Crippen LogP contribution is -2.51. The molecule has 3 rings (SSSR count). The summed E-state index contributed by atoms with van der Waals surface area (Å²) in [5, 5.41) is 7.47. The van der Waals surface area contributed by atoms with E-state index in [0.717, 1.165) is 11.1 Å². The van der Waals surface area contributed by atoms with E-state index in [-0.39, 0.29) is 24.8 Å². The first-order valence-electron chi connectivity index (χ1n) is 9.37. The van der Waals surface area contributed by atoms with Gasteiger partial charge in [0.05, 0.1) is 5.41 Å². The molecule has 1 aromatic carbocycles. The van der Waals surface area contributed by atoms with Gasteiger partial charge in [-0.3, -0.25) is 29.5 Å². The number of hydrogen-bond acceptors (Lipinski definition) is 5. The average molecular weight is 394 g/mol. The Kier molecular flexibility index (Phi) is 6.01. The average Bonchev–Trinajstić information content (AvgIpc) is 2.74. The Morgan fingerprint density at radius 3 is 2.52 bits per heavy atom. The summed E-state index contributed by atoms with van der Waals surface area (Å²) in [5.74, 6) is -2.11. The minimum Gasteiger partial charge on any atom is -0.344 e. The van der Waals surface area contributed by atoms with Crippen LogP contribution in [-0.4, -0.2) is 28.6 Å². The molecule has 1 atom stereocenters. The Morgan fingerprint density at radius 1 is 1.14 bits per heavy atom. The first-order valence-corrected chi connectivity index (χ1v) is 9.37. The van der Waals surface area contributed by atoms with Crippen LogP contribution in [0.1, 0.15) is 37.3 Å². The molecule has 1 aromatic heterocycles. The second kappa shape index (κ2) is 8.64. The largest absolute Gasteiger partial charge is 0.344 e. The number of carbonyl (C=O) groups is 4. The Bertz CT molecular complexity index is 927. The van der Waals surface area contributed by atoms with Crippen molar-refractivity contribution in [1.82, 2.24) is 15.6 Å². The zero-order valence-electron chi connectivity index (χ0n) is 16.0. The molecule has 0 radical (unpaired) electrons. The standard InChI is InChI=1S/C21H22N4O4/c1-2-21(10-9-17(26)25-20(21)29)15-5-7-16(8-6-15)24-19(28)18(27)23-13-14-4-3-11-22-12-14/h3-8,11-12H,2,9-10,13H2,1H3,(H,23,27)(H,24,28)(H,25,26,29). The van der Waals surface area contributed by atoms with Crippen LogP contribution in [0.2, 0.25) is 0 Å². The number of pyridine rings is 1. The summed E-state index contributed by atoms with van der Waals surface area (Å²) in [6.45, 7) is 2.10. The van der Waals surface area contributed by atoms with Crippen molar-refractivity contribution >= 4 is 29.3 Å². The summed E-state index contributed by atoms with van der Waals surface area (Å²) in [6, 6.07) is 10.3. The number of anilines is 1. The Labute approximate surface area is 168 Å². The van der Waals surface area contributed by atoms with E-state index in [0.29, 0.717) is 18.5 Å². The molecule has 29 heavy (non-hydrogen) atoms. The molecule has 4 amide bonds. The van der Waals surface area contributed by atoms with E-state index in [4.69, 9.17) is 0 Å². The van der Waals surface area contributed by atoms with Crippen molar-refractivity contribution in [3.05, 3.63) is 59.9 Å². The highest BCUT2D eigenvalue weighted by atomic mass is 16.2. The van der Waals surface area contributed by atoms with E-state index in [1.54, 1.807) is 48.8 Å². The molecule has 1 aliphatic heterocycles. The van der Waals surface area contributed by atoms with Crippen LogP contribution >= 0.6 is 0 Å². The van der Waals surface area contributed by atoms with Crippen LogP contribution in [0.4, 0.5) is 5.69 Å². The molecule has 2 aromatic rings. The fourth-order valence-electron chi connectivity index (χ4n) is 3.39. The van der Waals surface area contributed by atoms with Gasteiger partial charge < -0.3 is 10.6 Å². The van der Waals surface area contributed by atoms with Gasteiger partial charge in [0.2, 0.25) is 11.8 Å². The molecule has 1 unspecified atom stereocenters. The maximum atomic E-state index is 12.4. The van der Waals surface area contributed by atoms with Gasteiger partial charge in [-0.05, 0) is 42.2 Å². The number of piperidine rings is 1. The smallest absolute Gasteiger partial charge is 0.313 e. The Hall–Kier alpha value is -3.55. The second-order valence-corrected chi connectivity index (χ2v) is 6.89. The third-order valence-corrected chi connectivity index (χ3v) is 5.15. The number of aromatic nitrogens is 1. The summed E-state index contributed by atoms with van der Waals surface area (Å²) in [7, 11) is 0. The van der Waals surface area contributed by atoms with Crippen LogP contribution in [0.5, 0.6) is 0 Å². The molecule has 150 valence electrons. The molecule has 0 saturated carbocycles. The van der Waals surface area contributed by atoms with E-state index in [1.807, 2.05) is 6.92 Å². The van der Waals surface area contributed by atoms with Gasteiger partial charge in [0.25, 0.3) is 0 Å². The summed E-state index contributed by atoms with van der Waals surface area (Å²) < 4.78 is 0. The van der Waals surface area contributed by atoms with E-state index in [9.17, 15) is 19.2 Å². The number of nitrogens with zero attached hydrogens (tertiary/aromatic N) is 1. The molecule has 2 heterocycles. The van der Waals surface area contributed by atoms with Crippen LogP contribution in [0.25, 0.3) is 0 Å². The van der Waals surface area contributed by atoms with Crippen molar-refractivity contribution in [1.29, 1.82) is 0 Å². The van der Waals surface area contributed by atoms with Crippen molar-refractivity contribution in [2.75, 3.05) is 5.32 Å². The van der Waals surface area contributed by atoms with E-state index in [2.05, 4.69) is 20.9 Å². The molecule has 8 heteroatoms. The lowest BCUT2D eigenvalue weighted by atomic mass is 9.72.